The average molecular weight is 488 g/mol. The number of piperidine rings is 1. The van der Waals surface area contributed by atoms with Crippen molar-refractivity contribution in [3.63, 3.8) is 0 Å². The number of amides is 1. The molecule has 6 nitrogen and oxygen atoms in total. The Balaban J connectivity index is 1.42. The van der Waals surface area contributed by atoms with Gasteiger partial charge in [-0.25, -0.2) is 0 Å². The summed E-state index contributed by atoms with van der Waals surface area (Å²) in [6.07, 6.45) is 3.49. The van der Waals surface area contributed by atoms with E-state index in [4.69, 9.17) is 4.74 Å². The predicted octanol–water partition coefficient (Wildman–Crippen LogP) is 5.35. The van der Waals surface area contributed by atoms with E-state index in [0.29, 0.717) is 17.5 Å². The largest absolute Gasteiger partial charge is 0.487 e. The van der Waals surface area contributed by atoms with Crippen LogP contribution < -0.4 is 15.0 Å². The minimum absolute atomic E-state index is 0.0936. The fourth-order valence-corrected chi connectivity index (χ4v) is 5.82. The van der Waals surface area contributed by atoms with Gasteiger partial charge in [0.1, 0.15) is 17.6 Å². The lowest BCUT2D eigenvalue weighted by atomic mass is 9.48. The standard InChI is InChI=1S/C30H37N3O3/c1-20-15-25(16-21(2)26(20)17-31)36-30(6)19-29(5,28(30,3)4)32-27(35)23-7-9-24(10-8-23)33-13-11-22(18-34)12-14-33/h7-10,15-16,18,22H,11-14,19H2,1-6H3,(H,32,35)/t29-,30-/m1/s1. The monoisotopic (exact) mass is 487 g/mol. The summed E-state index contributed by atoms with van der Waals surface area (Å²) < 4.78 is 6.51. The number of hydrogen-bond acceptors (Lipinski definition) is 5. The molecule has 0 unspecified atom stereocenters. The lowest BCUT2D eigenvalue weighted by Gasteiger charge is -2.65. The lowest BCUT2D eigenvalue weighted by molar-refractivity contribution is -0.180. The smallest absolute Gasteiger partial charge is 0.251 e. The van der Waals surface area contributed by atoms with Crippen LogP contribution in [0.1, 0.15) is 74.0 Å². The predicted molar refractivity (Wildman–Crippen MR) is 141 cm³/mol. The van der Waals surface area contributed by atoms with Crippen LogP contribution in [0.5, 0.6) is 5.75 Å². The van der Waals surface area contributed by atoms with Crippen LogP contribution in [0.15, 0.2) is 36.4 Å². The van der Waals surface area contributed by atoms with E-state index in [2.05, 4.69) is 44.0 Å². The van der Waals surface area contributed by atoms with E-state index in [1.54, 1.807) is 0 Å². The maximum Gasteiger partial charge on any atom is 0.251 e. The van der Waals surface area contributed by atoms with Gasteiger partial charge in [-0.15, -0.1) is 0 Å². The number of carbonyl (C=O) groups excluding carboxylic acids is 2. The van der Waals surface area contributed by atoms with Crippen LogP contribution in [-0.2, 0) is 4.79 Å². The molecule has 6 heteroatoms. The van der Waals surface area contributed by atoms with E-state index in [1.165, 1.54) is 0 Å². The Morgan fingerprint density at radius 3 is 2.17 bits per heavy atom. The average Bonchev–Trinajstić information content (AvgIpc) is 2.83. The van der Waals surface area contributed by atoms with Crippen LogP contribution in [0.4, 0.5) is 5.69 Å². The second-order valence-electron chi connectivity index (χ2n) is 11.5. The van der Waals surface area contributed by atoms with Crippen LogP contribution in [0.2, 0.25) is 0 Å². The second kappa shape index (κ2) is 9.28. The van der Waals surface area contributed by atoms with Crippen molar-refractivity contribution in [1.29, 1.82) is 5.26 Å². The van der Waals surface area contributed by atoms with Crippen LogP contribution in [-0.4, -0.2) is 36.4 Å². The molecule has 1 saturated heterocycles. The van der Waals surface area contributed by atoms with Crippen molar-refractivity contribution in [1.82, 2.24) is 5.32 Å². The molecule has 1 saturated carbocycles. The molecule has 36 heavy (non-hydrogen) atoms. The van der Waals surface area contributed by atoms with E-state index in [0.717, 1.165) is 54.8 Å². The first kappa shape index (κ1) is 25.8. The van der Waals surface area contributed by atoms with E-state index in [-0.39, 0.29) is 17.2 Å². The third-order valence-corrected chi connectivity index (χ3v) is 8.97. The van der Waals surface area contributed by atoms with Gasteiger partial charge >= 0.3 is 0 Å². The fourth-order valence-electron chi connectivity index (χ4n) is 5.82. The Labute approximate surface area is 214 Å². The molecule has 0 radical (unpaired) electrons. The van der Waals surface area contributed by atoms with Crippen LogP contribution in [0, 0.1) is 36.5 Å². The molecule has 2 atom stereocenters. The van der Waals surface area contributed by atoms with Gasteiger partial charge in [-0.3, -0.25) is 4.79 Å². The normalized spacial score (nSPS) is 25.4. The van der Waals surface area contributed by atoms with Gasteiger partial charge in [0.25, 0.3) is 5.91 Å². The summed E-state index contributed by atoms with van der Waals surface area (Å²) in [5.74, 6) is 0.821. The number of benzene rings is 2. The van der Waals surface area contributed by atoms with Crippen molar-refractivity contribution in [3.05, 3.63) is 58.7 Å². The molecule has 2 fully saturated rings. The summed E-state index contributed by atoms with van der Waals surface area (Å²) in [6, 6.07) is 13.8. The molecule has 0 aromatic heterocycles. The zero-order valence-corrected chi connectivity index (χ0v) is 22.3. The minimum Gasteiger partial charge on any atom is -0.487 e. The summed E-state index contributed by atoms with van der Waals surface area (Å²) in [5, 5.41) is 12.6. The maximum atomic E-state index is 13.2. The molecule has 0 bridgehead atoms. The van der Waals surface area contributed by atoms with E-state index < -0.39 is 11.1 Å². The van der Waals surface area contributed by atoms with Gasteiger partial charge in [-0.2, -0.15) is 5.26 Å². The highest BCUT2D eigenvalue weighted by molar-refractivity contribution is 5.95. The Morgan fingerprint density at radius 1 is 1.08 bits per heavy atom. The Hall–Kier alpha value is -3.33. The first-order chi connectivity index (χ1) is 16.9. The number of carbonyl (C=O) groups is 2. The number of nitrogens with zero attached hydrogens (tertiary/aromatic N) is 2. The van der Waals surface area contributed by atoms with Crippen molar-refractivity contribution in [3.8, 4) is 11.8 Å². The molecule has 2 aromatic carbocycles. The highest BCUT2D eigenvalue weighted by Gasteiger charge is 2.67. The zero-order valence-electron chi connectivity index (χ0n) is 22.3. The minimum atomic E-state index is -0.473. The number of aldehydes is 1. The number of rotatable bonds is 6. The van der Waals surface area contributed by atoms with E-state index >= 15 is 0 Å². The molecule has 1 N–H and O–H groups in total. The van der Waals surface area contributed by atoms with Crippen LogP contribution >= 0.6 is 0 Å². The Kier molecular flexibility index (Phi) is 6.64. The third-order valence-electron chi connectivity index (χ3n) is 8.97. The first-order valence-electron chi connectivity index (χ1n) is 12.8. The molecule has 1 heterocycles. The SMILES string of the molecule is Cc1cc(O[C@]2(C)C[C@@](C)(NC(=O)c3ccc(N4CCC(C=O)CC4)cc3)C2(C)C)cc(C)c1C#N. The molecular formula is C30H37N3O3. The van der Waals surface area contributed by atoms with Crippen LogP contribution in [0.25, 0.3) is 0 Å². The van der Waals surface area contributed by atoms with Gasteiger partial charge in [0.15, 0.2) is 0 Å². The summed E-state index contributed by atoms with van der Waals surface area (Å²) in [6.45, 7) is 14.0. The molecule has 4 rings (SSSR count). The van der Waals surface area contributed by atoms with Gasteiger partial charge in [0.2, 0.25) is 0 Å². The summed E-state index contributed by atoms with van der Waals surface area (Å²) >= 11 is 0. The molecule has 1 aliphatic carbocycles. The van der Waals surface area contributed by atoms with Gasteiger partial charge in [-0.1, -0.05) is 13.8 Å². The second-order valence-corrected chi connectivity index (χ2v) is 11.5. The zero-order chi connectivity index (χ0) is 26.3. The van der Waals surface area contributed by atoms with Crippen molar-refractivity contribution in [2.75, 3.05) is 18.0 Å². The number of hydrogen-bond donors (Lipinski definition) is 1. The Morgan fingerprint density at radius 2 is 1.67 bits per heavy atom. The number of anilines is 1. The Bertz CT molecular complexity index is 1180. The van der Waals surface area contributed by atoms with Gasteiger partial charge in [-0.05, 0) is 88.1 Å². The highest BCUT2D eigenvalue weighted by atomic mass is 16.5. The van der Waals surface area contributed by atoms with Crippen molar-refractivity contribution < 1.29 is 14.3 Å². The number of nitrogens with one attached hydrogen (secondary N) is 1. The lowest BCUT2D eigenvalue weighted by Crippen LogP contribution is -2.77. The molecule has 2 aromatic rings. The summed E-state index contributed by atoms with van der Waals surface area (Å²) in [4.78, 5) is 26.5. The quantitative estimate of drug-likeness (QED) is 0.556. The number of ether oxygens (including phenoxy) is 1. The van der Waals surface area contributed by atoms with Crippen LogP contribution in [0.3, 0.4) is 0 Å². The highest BCUT2D eigenvalue weighted by Crippen LogP contribution is 2.58. The fraction of sp³-hybridized carbons (Fsp3) is 0.500. The van der Waals surface area contributed by atoms with Crippen molar-refractivity contribution >= 4 is 17.9 Å². The van der Waals surface area contributed by atoms with Gasteiger partial charge < -0.3 is 19.7 Å². The molecule has 1 aliphatic heterocycles. The number of nitriles is 1. The molecule has 0 spiro atoms. The van der Waals surface area contributed by atoms with Gasteiger partial charge in [0, 0.05) is 42.1 Å². The third kappa shape index (κ3) is 4.36. The van der Waals surface area contributed by atoms with Crippen molar-refractivity contribution in [2.24, 2.45) is 11.3 Å². The molecule has 1 amide bonds. The maximum absolute atomic E-state index is 13.2. The first-order valence-corrected chi connectivity index (χ1v) is 12.8. The summed E-state index contributed by atoms with van der Waals surface area (Å²) in [5.41, 5.74) is 2.96. The van der Waals surface area contributed by atoms with Crippen molar-refractivity contribution in [2.45, 2.75) is 71.9 Å². The number of aryl methyl sites for hydroxylation is 2. The molecule has 190 valence electrons. The molecular weight excluding hydrogens is 450 g/mol. The van der Waals surface area contributed by atoms with E-state index in [9.17, 15) is 14.9 Å². The molecule has 2 aliphatic rings. The van der Waals surface area contributed by atoms with E-state index in [1.807, 2.05) is 50.2 Å². The van der Waals surface area contributed by atoms with Gasteiger partial charge in [0.05, 0.1) is 17.2 Å². The topological polar surface area (TPSA) is 82.4 Å². The summed E-state index contributed by atoms with van der Waals surface area (Å²) in [7, 11) is 0.